The van der Waals surface area contributed by atoms with Crippen LogP contribution in [0.15, 0.2) is 5.38 Å². The highest BCUT2D eigenvalue weighted by molar-refractivity contribution is 7.17. The lowest BCUT2D eigenvalue weighted by atomic mass is 10.0. The van der Waals surface area contributed by atoms with Crippen LogP contribution in [0.4, 0.5) is 5.82 Å². The second-order valence-corrected chi connectivity index (χ2v) is 7.14. The van der Waals surface area contributed by atoms with E-state index in [0.29, 0.717) is 17.6 Å². The fourth-order valence-corrected chi connectivity index (χ4v) is 3.37. The number of anilines is 1. The molecule has 0 spiro atoms. The van der Waals surface area contributed by atoms with Gasteiger partial charge in [-0.1, -0.05) is 13.8 Å². The number of aryl methyl sites for hydroxylation is 1. The zero-order valence-corrected chi connectivity index (χ0v) is 15.0. The predicted molar refractivity (Wildman–Crippen MR) is 91.8 cm³/mol. The Morgan fingerprint density at radius 2 is 2.17 bits per heavy atom. The number of thiophene rings is 1. The molecule has 6 nitrogen and oxygen atoms in total. The normalized spacial score (nSPS) is 14.0. The molecule has 0 amide bonds. The summed E-state index contributed by atoms with van der Waals surface area (Å²) in [6.07, 6.45) is 0.925. The molecule has 0 aliphatic heterocycles. The molecule has 0 aromatic carbocycles. The van der Waals surface area contributed by atoms with E-state index in [4.69, 9.17) is 0 Å². The van der Waals surface area contributed by atoms with E-state index in [1.807, 2.05) is 6.92 Å². The number of carbonyl (C=O) groups excluding carboxylic acids is 1. The number of aromatic nitrogens is 2. The Morgan fingerprint density at radius 3 is 2.78 bits per heavy atom. The van der Waals surface area contributed by atoms with Gasteiger partial charge in [0.05, 0.1) is 19.0 Å². The van der Waals surface area contributed by atoms with Crippen LogP contribution in [0.1, 0.15) is 32.2 Å². The van der Waals surface area contributed by atoms with E-state index in [2.05, 4.69) is 39.2 Å². The SMILES string of the molecule is COC(=O)[C@@](C)(O)CNc1nc(C)nc2scc(CC(C)C)c12. The van der Waals surface area contributed by atoms with Crippen LogP contribution >= 0.6 is 11.3 Å². The molecule has 0 aliphatic carbocycles. The minimum Gasteiger partial charge on any atom is -0.467 e. The van der Waals surface area contributed by atoms with E-state index >= 15 is 0 Å². The molecule has 2 heterocycles. The Morgan fingerprint density at radius 1 is 1.48 bits per heavy atom. The van der Waals surface area contributed by atoms with Crippen molar-refractivity contribution in [2.24, 2.45) is 5.92 Å². The monoisotopic (exact) mass is 337 g/mol. The molecule has 7 heteroatoms. The van der Waals surface area contributed by atoms with Crippen LogP contribution in [-0.2, 0) is 16.0 Å². The van der Waals surface area contributed by atoms with Gasteiger partial charge in [-0.15, -0.1) is 11.3 Å². The lowest BCUT2D eigenvalue weighted by molar-refractivity contribution is -0.158. The van der Waals surface area contributed by atoms with Crippen molar-refractivity contribution >= 4 is 33.3 Å². The van der Waals surface area contributed by atoms with Gasteiger partial charge >= 0.3 is 5.97 Å². The van der Waals surface area contributed by atoms with Gasteiger partial charge in [-0.25, -0.2) is 14.8 Å². The molecular weight excluding hydrogens is 314 g/mol. The molecule has 2 N–H and O–H groups in total. The van der Waals surface area contributed by atoms with Crippen molar-refractivity contribution in [1.29, 1.82) is 0 Å². The summed E-state index contributed by atoms with van der Waals surface area (Å²) in [5, 5.41) is 16.3. The maximum atomic E-state index is 11.6. The molecule has 0 unspecified atom stereocenters. The van der Waals surface area contributed by atoms with Crippen LogP contribution < -0.4 is 5.32 Å². The first-order valence-corrected chi connectivity index (χ1v) is 8.42. The number of aliphatic hydroxyl groups is 1. The fraction of sp³-hybridized carbons (Fsp3) is 0.562. The van der Waals surface area contributed by atoms with Crippen LogP contribution in [0.25, 0.3) is 10.2 Å². The lowest BCUT2D eigenvalue weighted by Gasteiger charge is -2.21. The van der Waals surface area contributed by atoms with E-state index in [1.54, 1.807) is 11.3 Å². The number of hydrogen-bond donors (Lipinski definition) is 2. The van der Waals surface area contributed by atoms with Gasteiger partial charge in [-0.2, -0.15) is 0 Å². The van der Waals surface area contributed by atoms with Crippen LogP contribution in [0, 0.1) is 12.8 Å². The van der Waals surface area contributed by atoms with Gasteiger partial charge in [-0.05, 0) is 37.1 Å². The topological polar surface area (TPSA) is 84.3 Å². The number of rotatable bonds is 6. The van der Waals surface area contributed by atoms with E-state index in [9.17, 15) is 9.90 Å². The number of ether oxygens (including phenoxy) is 1. The van der Waals surface area contributed by atoms with Gasteiger partial charge in [0.1, 0.15) is 16.5 Å². The minimum absolute atomic E-state index is 0.0161. The maximum absolute atomic E-state index is 11.6. The summed E-state index contributed by atoms with van der Waals surface area (Å²) in [7, 11) is 1.25. The number of esters is 1. The van der Waals surface area contributed by atoms with Crippen molar-refractivity contribution in [3.63, 3.8) is 0 Å². The number of nitrogens with one attached hydrogen (secondary N) is 1. The zero-order chi connectivity index (χ0) is 17.2. The molecule has 0 saturated heterocycles. The standard InChI is InChI=1S/C16H23N3O3S/c1-9(2)6-11-7-23-14-12(11)13(18-10(3)19-14)17-8-16(4,21)15(20)22-5/h7,9,21H,6,8H2,1-5H3,(H,17,18,19)/t16-/m0/s1. The quantitative estimate of drug-likeness (QED) is 0.788. The van der Waals surface area contributed by atoms with E-state index < -0.39 is 11.6 Å². The average Bonchev–Trinajstić information content (AvgIpc) is 2.85. The Balaban J connectivity index is 2.35. The summed E-state index contributed by atoms with van der Waals surface area (Å²) >= 11 is 1.58. The molecule has 0 saturated carbocycles. The number of carbonyl (C=O) groups is 1. The molecule has 2 rings (SSSR count). The molecule has 0 aliphatic rings. The summed E-state index contributed by atoms with van der Waals surface area (Å²) in [6, 6.07) is 0. The first-order chi connectivity index (χ1) is 10.7. The molecule has 23 heavy (non-hydrogen) atoms. The van der Waals surface area contributed by atoms with Gasteiger partial charge in [0, 0.05) is 0 Å². The number of fused-ring (bicyclic) bond motifs is 1. The van der Waals surface area contributed by atoms with Crippen molar-refractivity contribution < 1.29 is 14.6 Å². The average molecular weight is 337 g/mol. The first-order valence-electron chi connectivity index (χ1n) is 7.54. The minimum atomic E-state index is -1.62. The van der Waals surface area contributed by atoms with Gasteiger partial charge in [0.25, 0.3) is 0 Å². The van der Waals surface area contributed by atoms with Crippen LogP contribution in [0.3, 0.4) is 0 Å². The molecule has 1 atom stereocenters. The molecule has 2 aromatic heterocycles. The Kier molecular flexibility index (Phi) is 5.21. The third-order valence-electron chi connectivity index (χ3n) is 3.47. The Hall–Kier alpha value is -1.73. The first kappa shape index (κ1) is 17.6. The fourth-order valence-electron chi connectivity index (χ4n) is 2.37. The van der Waals surface area contributed by atoms with E-state index in [-0.39, 0.29) is 6.54 Å². The highest BCUT2D eigenvalue weighted by atomic mass is 32.1. The van der Waals surface area contributed by atoms with Crippen molar-refractivity contribution in [3.05, 3.63) is 16.8 Å². The highest BCUT2D eigenvalue weighted by Crippen LogP contribution is 2.31. The van der Waals surface area contributed by atoms with Crippen molar-refractivity contribution in [1.82, 2.24) is 9.97 Å². The molecule has 0 radical (unpaired) electrons. The van der Waals surface area contributed by atoms with Crippen molar-refractivity contribution in [3.8, 4) is 0 Å². The van der Waals surface area contributed by atoms with Gasteiger partial charge in [0.2, 0.25) is 0 Å². The Labute approximate surface area is 139 Å². The van der Waals surface area contributed by atoms with Gasteiger partial charge < -0.3 is 15.2 Å². The summed E-state index contributed by atoms with van der Waals surface area (Å²) < 4.78 is 4.62. The third kappa shape index (κ3) is 3.97. The summed E-state index contributed by atoms with van der Waals surface area (Å²) in [4.78, 5) is 21.4. The third-order valence-corrected chi connectivity index (χ3v) is 4.40. The molecule has 126 valence electrons. The summed E-state index contributed by atoms with van der Waals surface area (Å²) in [5.74, 6) is 1.13. The van der Waals surface area contributed by atoms with Gasteiger partial charge in [0.15, 0.2) is 5.60 Å². The number of hydrogen-bond acceptors (Lipinski definition) is 7. The van der Waals surface area contributed by atoms with Crippen molar-refractivity contribution in [2.45, 2.75) is 39.7 Å². The Bertz CT molecular complexity index is 710. The van der Waals surface area contributed by atoms with E-state index in [0.717, 1.165) is 16.6 Å². The van der Waals surface area contributed by atoms with Crippen LogP contribution in [0.5, 0.6) is 0 Å². The highest BCUT2D eigenvalue weighted by Gasteiger charge is 2.31. The smallest absolute Gasteiger partial charge is 0.339 e. The second kappa shape index (κ2) is 6.80. The number of methoxy groups -OCH3 is 1. The predicted octanol–water partition coefficient (Wildman–Crippen LogP) is 2.53. The van der Waals surface area contributed by atoms with Gasteiger partial charge in [-0.3, -0.25) is 0 Å². The summed E-state index contributed by atoms with van der Waals surface area (Å²) in [6.45, 7) is 7.58. The molecule has 0 fully saturated rings. The second-order valence-electron chi connectivity index (χ2n) is 6.28. The number of nitrogens with zero attached hydrogens (tertiary/aromatic N) is 2. The van der Waals surface area contributed by atoms with Crippen molar-refractivity contribution in [2.75, 3.05) is 19.0 Å². The lowest BCUT2D eigenvalue weighted by Crippen LogP contribution is -2.43. The van der Waals surface area contributed by atoms with Crippen LogP contribution in [0.2, 0.25) is 0 Å². The molecule has 2 aromatic rings. The maximum Gasteiger partial charge on any atom is 0.339 e. The molecular formula is C16H23N3O3S. The summed E-state index contributed by atoms with van der Waals surface area (Å²) in [5.41, 5.74) is -0.436. The zero-order valence-electron chi connectivity index (χ0n) is 14.1. The van der Waals surface area contributed by atoms with Crippen LogP contribution in [-0.4, -0.2) is 40.3 Å². The van der Waals surface area contributed by atoms with E-state index in [1.165, 1.54) is 19.6 Å². The largest absolute Gasteiger partial charge is 0.467 e. The molecule has 0 bridgehead atoms.